The Bertz CT molecular complexity index is 906. The van der Waals surface area contributed by atoms with Crippen molar-refractivity contribution in [3.63, 3.8) is 0 Å². The van der Waals surface area contributed by atoms with Crippen molar-refractivity contribution < 1.29 is 14.8 Å². The number of carboxylic acid groups (broad SMARTS) is 1. The first kappa shape index (κ1) is 15.4. The third-order valence-electron chi connectivity index (χ3n) is 5.05. The highest BCUT2D eigenvalue weighted by atomic mass is 16.6. The summed E-state index contributed by atoms with van der Waals surface area (Å²) in [7, 11) is 0. The Morgan fingerprint density at radius 1 is 1.24 bits per heavy atom. The van der Waals surface area contributed by atoms with Crippen molar-refractivity contribution in [1.82, 2.24) is 0 Å². The highest BCUT2D eigenvalue weighted by Gasteiger charge is 2.38. The van der Waals surface area contributed by atoms with Gasteiger partial charge in [-0.2, -0.15) is 0 Å². The summed E-state index contributed by atoms with van der Waals surface area (Å²) in [6.07, 6.45) is 5.06. The number of hydrogen-bond acceptors (Lipinski definition) is 4. The first-order valence-corrected chi connectivity index (χ1v) is 8.09. The van der Waals surface area contributed by atoms with Crippen LogP contribution < -0.4 is 5.32 Å². The summed E-state index contributed by atoms with van der Waals surface area (Å²) >= 11 is 0. The maximum atomic E-state index is 11.3. The van der Waals surface area contributed by atoms with E-state index in [2.05, 4.69) is 17.5 Å². The van der Waals surface area contributed by atoms with E-state index >= 15 is 0 Å². The van der Waals surface area contributed by atoms with Crippen LogP contribution in [0.25, 0.3) is 0 Å². The molecule has 6 nitrogen and oxygen atoms in total. The molecule has 1 unspecified atom stereocenters. The minimum Gasteiger partial charge on any atom is -0.478 e. The second-order valence-electron chi connectivity index (χ2n) is 6.43. The molecule has 25 heavy (non-hydrogen) atoms. The lowest BCUT2D eigenvalue weighted by Crippen LogP contribution is -2.29. The Morgan fingerprint density at radius 3 is 2.84 bits per heavy atom. The topological polar surface area (TPSA) is 92.5 Å². The van der Waals surface area contributed by atoms with Crippen molar-refractivity contribution in [1.29, 1.82) is 0 Å². The number of hydrogen-bond donors (Lipinski definition) is 2. The van der Waals surface area contributed by atoms with Gasteiger partial charge in [0.1, 0.15) is 0 Å². The molecule has 6 heteroatoms. The number of carboxylic acids is 1. The van der Waals surface area contributed by atoms with Gasteiger partial charge in [0, 0.05) is 23.7 Å². The van der Waals surface area contributed by atoms with Crippen molar-refractivity contribution in [2.45, 2.75) is 18.4 Å². The third kappa shape index (κ3) is 2.55. The van der Waals surface area contributed by atoms with Gasteiger partial charge in [0.15, 0.2) is 0 Å². The zero-order chi connectivity index (χ0) is 17.6. The van der Waals surface area contributed by atoms with E-state index in [0.29, 0.717) is 0 Å². The fraction of sp³-hybridized carbons (Fsp3) is 0.211. The van der Waals surface area contributed by atoms with Gasteiger partial charge < -0.3 is 10.4 Å². The van der Waals surface area contributed by atoms with E-state index < -0.39 is 5.97 Å². The van der Waals surface area contributed by atoms with Crippen molar-refractivity contribution in [2.24, 2.45) is 5.92 Å². The number of allylic oxidation sites excluding steroid dienone is 2. The molecule has 0 bridgehead atoms. The maximum absolute atomic E-state index is 11.3. The standard InChI is InChI=1S/C19H16N2O4/c22-19(23)12-7-8-17-16(10-12)14-5-2-6-15(14)18(20-17)11-3-1-4-13(9-11)21(24)25/h1-5,7-10,14-15,18,20H,6H2,(H,22,23)/t14-,15+,18?/m0/s1. The average molecular weight is 336 g/mol. The van der Waals surface area contributed by atoms with Gasteiger partial charge in [-0.15, -0.1) is 0 Å². The van der Waals surface area contributed by atoms with Crippen molar-refractivity contribution in [3.8, 4) is 0 Å². The number of benzene rings is 2. The van der Waals surface area contributed by atoms with E-state index in [1.165, 1.54) is 6.07 Å². The molecule has 0 saturated carbocycles. The Kier molecular flexibility index (Phi) is 3.53. The van der Waals surface area contributed by atoms with Crippen LogP contribution in [0, 0.1) is 16.0 Å². The SMILES string of the molecule is O=C(O)c1ccc2c(c1)[C@H]1C=CC[C@H]1C(c1cccc([N+](=O)[O-])c1)N2. The quantitative estimate of drug-likeness (QED) is 0.500. The monoisotopic (exact) mass is 336 g/mol. The van der Waals surface area contributed by atoms with E-state index in [1.807, 2.05) is 6.07 Å². The average Bonchev–Trinajstić information content (AvgIpc) is 3.10. The van der Waals surface area contributed by atoms with Crippen LogP contribution in [0.2, 0.25) is 0 Å². The Morgan fingerprint density at radius 2 is 2.08 bits per heavy atom. The maximum Gasteiger partial charge on any atom is 0.335 e. The molecule has 0 radical (unpaired) electrons. The molecule has 0 aromatic heterocycles. The van der Waals surface area contributed by atoms with Gasteiger partial charge in [-0.25, -0.2) is 4.79 Å². The highest BCUT2D eigenvalue weighted by Crippen LogP contribution is 2.50. The van der Waals surface area contributed by atoms with Gasteiger partial charge in [-0.3, -0.25) is 10.1 Å². The van der Waals surface area contributed by atoms with Gasteiger partial charge in [0.25, 0.3) is 5.69 Å². The third-order valence-corrected chi connectivity index (χ3v) is 5.05. The van der Waals surface area contributed by atoms with Crippen LogP contribution in [-0.4, -0.2) is 16.0 Å². The van der Waals surface area contributed by atoms with E-state index in [9.17, 15) is 20.0 Å². The lowest BCUT2D eigenvalue weighted by atomic mass is 9.76. The normalized spacial score (nSPS) is 23.4. The smallest absolute Gasteiger partial charge is 0.335 e. The number of nitro groups is 1. The van der Waals surface area contributed by atoms with Crippen molar-refractivity contribution >= 4 is 17.3 Å². The lowest BCUT2D eigenvalue weighted by Gasteiger charge is -2.37. The van der Waals surface area contributed by atoms with E-state index in [4.69, 9.17) is 0 Å². The Balaban J connectivity index is 1.77. The Labute approximate surface area is 144 Å². The number of aromatic carboxylic acids is 1. The van der Waals surface area contributed by atoms with E-state index in [0.717, 1.165) is 23.2 Å². The van der Waals surface area contributed by atoms with Gasteiger partial charge in [-0.1, -0.05) is 24.3 Å². The number of nitrogens with one attached hydrogen (secondary N) is 1. The van der Waals surface area contributed by atoms with Gasteiger partial charge >= 0.3 is 5.97 Å². The molecule has 2 aromatic carbocycles. The molecule has 0 saturated heterocycles. The van der Waals surface area contributed by atoms with Crippen LogP contribution in [-0.2, 0) is 0 Å². The molecule has 2 aliphatic rings. The number of fused-ring (bicyclic) bond motifs is 3. The molecule has 0 amide bonds. The van der Waals surface area contributed by atoms with Gasteiger partial charge in [0.2, 0.25) is 0 Å². The summed E-state index contributed by atoms with van der Waals surface area (Å²) in [5.41, 5.74) is 3.08. The number of carbonyl (C=O) groups is 1. The first-order valence-electron chi connectivity index (χ1n) is 8.09. The molecular formula is C19H16N2O4. The number of anilines is 1. The number of non-ortho nitro benzene ring substituents is 1. The minimum absolute atomic E-state index is 0.0527. The summed E-state index contributed by atoms with van der Waals surface area (Å²) in [6, 6.07) is 11.7. The molecule has 2 N–H and O–H groups in total. The summed E-state index contributed by atoms with van der Waals surface area (Å²) in [4.78, 5) is 22.0. The molecule has 1 aliphatic heterocycles. The molecule has 0 fully saturated rings. The summed E-state index contributed by atoms with van der Waals surface area (Å²) in [5.74, 6) is -0.625. The second kappa shape index (κ2) is 5.73. The molecular weight excluding hydrogens is 320 g/mol. The predicted octanol–water partition coefficient (Wildman–Crippen LogP) is 4.12. The first-order chi connectivity index (χ1) is 12.0. The lowest BCUT2D eigenvalue weighted by molar-refractivity contribution is -0.384. The van der Waals surface area contributed by atoms with Crippen molar-refractivity contribution in [3.05, 3.63) is 81.4 Å². The zero-order valence-corrected chi connectivity index (χ0v) is 13.3. The summed E-state index contributed by atoms with van der Waals surface area (Å²) < 4.78 is 0. The van der Waals surface area contributed by atoms with Crippen LogP contribution >= 0.6 is 0 Å². The summed E-state index contributed by atoms with van der Waals surface area (Å²) in [5, 5.41) is 23.8. The molecule has 1 heterocycles. The molecule has 3 atom stereocenters. The van der Waals surface area contributed by atoms with E-state index in [-0.39, 0.29) is 34.1 Å². The number of nitrogens with zero attached hydrogens (tertiary/aromatic N) is 1. The van der Waals surface area contributed by atoms with Crippen LogP contribution in [0.1, 0.15) is 39.9 Å². The fourth-order valence-electron chi connectivity index (χ4n) is 3.89. The van der Waals surface area contributed by atoms with Crippen LogP contribution in [0.4, 0.5) is 11.4 Å². The highest BCUT2D eigenvalue weighted by molar-refractivity contribution is 5.89. The summed E-state index contributed by atoms with van der Waals surface area (Å²) in [6.45, 7) is 0. The van der Waals surface area contributed by atoms with E-state index in [1.54, 1.807) is 30.3 Å². The van der Waals surface area contributed by atoms with Crippen molar-refractivity contribution in [2.75, 3.05) is 5.32 Å². The van der Waals surface area contributed by atoms with Gasteiger partial charge in [0.05, 0.1) is 16.5 Å². The minimum atomic E-state index is -0.942. The molecule has 4 rings (SSSR count). The molecule has 0 spiro atoms. The largest absolute Gasteiger partial charge is 0.478 e. The number of rotatable bonds is 3. The Hall–Kier alpha value is -3.15. The van der Waals surface area contributed by atoms with Crippen LogP contribution in [0.5, 0.6) is 0 Å². The zero-order valence-electron chi connectivity index (χ0n) is 13.3. The van der Waals surface area contributed by atoms with Crippen LogP contribution in [0.3, 0.4) is 0 Å². The molecule has 1 aliphatic carbocycles. The second-order valence-corrected chi connectivity index (χ2v) is 6.43. The molecule has 2 aromatic rings. The fourth-order valence-corrected chi connectivity index (χ4v) is 3.89. The van der Waals surface area contributed by atoms with Crippen LogP contribution in [0.15, 0.2) is 54.6 Å². The van der Waals surface area contributed by atoms with Gasteiger partial charge in [-0.05, 0) is 41.7 Å². The number of nitro benzene ring substituents is 1. The predicted molar refractivity (Wildman–Crippen MR) is 92.8 cm³/mol. The molecule has 126 valence electrons.